The summed E-state index contributed by atoms with van der Waals surface area (Å²) in [4.78, 5) is 12.5. The Bertz CT molecular complexity index is 691. The number of carbonyl (C=O) groups excluding carboxylic acids is 1. The van der Waals surface area contributed by atoms with Crippen molar-refractivity contribution in [2.24, 2.45) is 5.92 Å². The summed E-state index contributed by atoms with van der Waals surface area (Å²) in [6, 6.07) is 10.3. The minimum atomic E-state index is 0. The Kier molecular flexibility index (Phi) is 6.83. The number of aromatic nitrogens is 2. The molecule has 0 bridgehead atoms. The second-order valence-electron chi connectivity index (χ2n) is 6.07. The van der Waals surface area contributed by atoms with E-state index in [4.69, 9.17) is 0 Å². The van der Waals surface area contributed by atoms with Gasteiger partial charge >= 0.3 is 0 Å². The zero-order valence-electron chi connectivity index (χ0n) is 13.5. The third kappa shape index (κ3) is 4.82. The van der Waals surface area contributed by atoms with E-state index >= 15 is 0 Å². The van der Waals surface area contributed by atoms with Crippen LogP contribution in [0.3, 0.4) is 0 Å². The van der Waals surface area contributed by atoms with Crippen molar-refractivity contribution in [2.75, 3.05) is 11.9 Å². The van der Waals surface area contributed by atoms with Gasteiger partial charge in [0, 0.05) is 22.5 Å². The van der Waals surface area contributed by atoms with E-state index in [9.17, 15) is 4.79 Å². The molecular weight excluding hydrogens is 392 g/mol. The molecule has 24 heavy (non-hydrogen) atoms. The van der Waals surface area contributed by atoms with Crippen molar-refractivity contribution in [2.45, 2.75) is 32.4 Å². The first-order valence-electron chi connectivity index (χ1n) is 7.92. The van der Waals surface area contributed by atoms with Gasteiger partial charge in [0.1, 0.15) is 5.82 Å². The van der Waals surface area contributed by atoms with Crippen molar-refractivity contribution in [3.8, 4) is 0 Å². The van der Waals surface area contributed by atoms with Crippen LogP contribution >= 0.6 is 28.3 Å². The molecule has 0 saturated carbocycles. The van der Waals surface area contributed by atoms with Crippen molar-refractivity contribution in [1.29, 1.82) is 0 Å². The number of nitrogens with zero attached hydrogens (tertiary/aromatic N) is 2. The maximum atomic E-state index is 12.5. The first-order chi connectivity index (χ1) is 11.1. The van der Waals surface area contributed by atoms with Gasteiger partial charge in [-0.2, -0.15) is 5.10 Å². The number of piperidine rings is 1. The van der Waals surface area contributed by atoms with Gasteiger partial charge in [-0.15, -0.1) is 12.4 Å². The summed E-state index contributed by atoms with van der Waals surface area (Å²) in [7, 11) is 0. The molecular formula is C17H22BrClN4O. The van der Waals surface area contributed by atoms with Crippen LogP contribution in [-0.2, 0) is 11.3 Å². The Morgan fingerprint density at radius 1 is 1.46 bits per heavy atom. The number of hydrogen-bond acceptors (Lipinski definition) is 3. The van der Waals surface area contributed by atoms with Crippen molar-refractivity contribution >= 4 is 40.1 Å². The largest absolute Gasteiger partial charge is 0.314 e. The molecule has 1 aliphatic heterocycles. The quantitative estimate of drug-likeness (QED) is 0.807. The van der Waals surface area contributed by atoms with Gasteiger partial charge in [0.25, 0.3) is 0 Å². The molecule has 7 heteroatoms. The topological polar surface area (TPSA) is 59.0 Å². The number of hydrogen-bond donors (Lipinski definition) is 2. The van der Waals surface area contributed by atoms with Crippen LogP contribution < -0.4 is 10.6 Å². The van der Waals surface area contributed by atoms with Gasteiger partial charge in [-0.25, -0.2) is 4.68 Å². The predicted molar refractivity (Wildman–Crippen MR) is 102 cm³/mol. The van der Waals surface area contributed by atoms with Gasteiger partial charge in [-0.3, -0.25) is 4.79 Å². The summed E-state index contributed by atoms with van der Waals surface area (Å²) in [5, 5.41) is 10.7. The summed E-state index contributed by atoms with van der Waals surface area (Å²) >= 11 is 3.48. The molecule has 5 nitrogen and oxygen atoms in total. The molecule has 130 valence electrons. The molecule has 2 aromatic rings. The smallest absolute Gasteiger partial charge is 0.228 e. The Labute approximate surface area is 156 Å². The molecule has 1 aromatic heterocycles. The van der Waals surface area contributed by atoms with Crippen molar-refractivity contribution in [1.82, 2.24) is 15.1 Å². The lowest BCUT2D eigenvalue weighted by Crippen LogP contribution is -2.40. The number of carbonyl (C=O) groups is 1. The van der Waals surface area contributed by atoms with Gasteiger partial charge in [-0.1, -0.05) is 28.1 Å². The zero-order chi connectivity index (χ0) is 16.2. The van der Waals surface area contributed by atoms with E-state index in [1.807, 2.05) is 28.9 Å². The van der Waals surface area contributed by atoms with Crippen LogP contribution in [0.4, 0.5) is 5.82 Å². The van der Waals surface area contributed by atoms with E-state index in [2.05, 4.69) is 44.7 Å². The molecule has 2 heterocycles. The number of rotatable bonds is 4. The standard InChI is InChI=1S/C17H21BrN4O.ClH/c1-12-9-14(5-7-19-12)17(23)21-16-6-8-20-22(16)11-13-3-2-4-15(18)10-13;/h2-4,6,8,10,12,14,19H,5,7,9,11H2,1H3,(H,21,23);1H/t12-,14-;/m0./s1. The number of benzene rings is 1. The Hall–Kier alpha value is -1.37. The fourth-order valence-corrected chi connectivity index (χ4v) is 3.42. The van der Waals surface area contributed by atoms with Crippen LogP contribution in [-0.4, -0.2) is 28.3 Å². The van der Waals surface area contributed by atoms with E-state index in [1.54, 1.807) is 6.20 Å². The number of halogens is 2. The minimum Gasteiger partial charge on any atom is -0.314 e. The lowest BCUT2D eigenvalue weighted by atomic mass is 9.92. The van der Waals surface area contributed by atoms with Gasteiger partial charge in [0.15, 0.2) is 0 Å². The first kappa shape index (κ1) is 19.0. The molecule has 2 N–H and O–H groups in total. The Morgan fingerprint density at radius 3 is 3.04 bits per heavy atom. The lowest BCUT2D eigenvalue weighted by molar-refractivity contribution is -0.120. The molecule has 1 aliphatic rings. The molecule has 1 amide bonds. The van der Waals surface area contributed by atoms with E-state index < -0.39 is 0 Å². The highest BCUT2D eigenvalue weighted by Gasteiger charge is 2.25. The molecule has 2 atom stereocenters. The van der Waals surface area contributed by atoms with Crippen LogP contribution in [0.5, 0.6) is 0 Å². The average molecular weight is 414 g/mol. The molecule has 3 rings (SSSR count). The number of nitrogens with one attached hydrogen (secondary N) is 2. The molecule has 0 spiro atoms. The molecule has 0 radical (unpaired) electrons. The molecule has 1 saturated heterocycles. The maximum Gasteiger partial charge on any atom is 0.228 e. The lowest BCUT2D eigenvalue weighted by Gasteiger charge is -2.27. The van der Waals surface area contributed by atoms with E-state index in [0.717, 1.165) is 35.2 Å². The first-order valence-corrected chi connectivity index (χ1v) is 8.71. The van der Waals surface area contributed by atoms with Crippen LogP contribution in [0.1, 0.15) is 25.3 Å². The Balaban J connectivity index is 0.00000208. The van der Waals surface area contributed by atoms with Gasteiger partial charge in [0.2, 0.25) is 5.91 Å². The van der Waals surface area contributed by atoms with E-state index in [1.165, 1.54) is 0 Å². The van der Waals surface area contributed by atoms with Crippen molar-refractivity contribution < 1.29 is 4.79 Å². The number of amides is 1. The second kappa shape index (κ2) is 8.65. The van der Waals surface area contributed by atoms with Crippen LogP contribution in [0.25, 0.3) is 0 Å². The van der Waals surface area contributed by atoms with Gasteiger partial charge in [0.05, 0.1) is 12.7 Å². The van der Waals surface area contributed by atoms with E-state index in [0.29, 0.717) is 12.6 Å². The normalized spacial score (nSPS) is 20.2. The fraction of sp³-hybridized carbons (Fsp3) is 0.412. The highest BCUT2D eigenvalue weighted by Crippen LogP contribution is 2.19. The van der Waals surface area contributed by atoms with Crippen LogP contribution in [0.2, 0.25) is 0 Å². The third-order valence-corrected chi connectivity index (χ3v) is 4.68. The zero-order valence-corrected chi connectivity index (χ0v) is 15.9. The number of anilines is 1. The monoisotopic (exact) mass is 412 g/mol. The summed E-state index contributed by atoms with van der Waals surface area (Å²) in [5.41, 5.74) is 1.13. The van der Waals surface area contributed by atoms with E-state index in [-0.39, 0.29) is 24.2 Å². The van der Waals surface area contributed by atoms with Crippen molar-refractivity contribution in [3.63, 3.8) is 0 Å². The van der Waals surface area contributed by atoms with Crippen LogP contribution in [0.15, 0.2) is 41.0 Å². The minimum absolute atomic E-state index is 0. The maximum absolute atomic E-state index is 12.5. The predicted octanol–water partition coefficient (Wildman–Crippen LogP) is 3.44. The summed E-state index contributed by atoms with van der Waals surface area (Å²) < 4.78 is 2.86. The fourth-order valence-electron chi connectivity index (χ4n) is 2.97. The van der Waals surface area contributed by atoms with Gasteiger partial charge in [-0.05, 0) is 44.0 Å². The average Bonchev–Trinajstić information content (AvgIpc) is 2.94. The highest BCUT2D eigenvalue weighted by molar-refractivity contribution is 9.10. The van der Waals surface area contributed by atoms with Gasteiger partial charge < -0.3 is 10.6 Å². The summed E-state index contributed by atoms with van der Waals surface area (Å²) in [6.45, 7) is 3.65. The SMILES string of the molecule is C[C@H]1C[C@@H](C(=O)Nc2ccnn2Cc2cccc(Br)c2)CCN1.Cl. The third-order valence-electron chi connectivity index (χ3n) is 4.18. The van der Waals surface area contributed by atoms with Crippen molar-refractivity contribution in [3.05, 3.63) is 46.6 Å². The molecule has 0 unspecified atom stereocenters. The molecule has 1 aromatic carbocycles. The molecule has 1 fully saturated rings. The Morgan fingerprint density at radius 2 is 2.29 bits per heavy atom. The molecule has 0 aliphatic carbocycles. The summed E-state index contributed by atoms with van der Waals surface area (Å²) in [5.74, 6) is 0.913. The highest BCUT2D eigenvalue weighted by atomic mass is 79.9. The summed E-state index contributed by atoms with van der Waals surface area (Å²) in [6.07, 6.45) is 3.49. The second-order valence-corrected chi connectivity index (χ2v) is 6.99. The van der Waals surface area contributed by atoms with Crippen LogP contribution in [0, 0.1) is 5.92 Å².